The first kappa shape index (κ1) is 12.3. The maximum absolute atomic E-state index is 5.18. The number of aryl methyl sites for hydroxylation is 2. The SMILES string of the molecule is Cc1noc(C2CN(Cc3nc(C)c(Br)s3)C2)n1. The van der Waals surface area contributed by atoms with Crippen LogP contribution in [0.2, 0.25) is 0 Å². The van der Waals surface area contributed by atoms with E-state index in [-0.39, 0.29) is 0 Å². The molecule has 2 aromatic heterocycles. The molecule has 0 N–H and O–H groups in total. The summed E-state index contributed by atoms with van der Waals surface area (Å²) >= 11 is 5.21. The summed E-state index contributed by atoms with van der Waals surface area (Å²) < 4.78 is 6.31. The fourth-order valence-corrected chi connectivity index (χ4v) is 3.50. The second-order valence-corrected chi connectivity index (χ2v) is 6.94. The highest BCUT2D eigenvalue weighted by molar-refractivity contribution is 9.11. The Labute approximate surface area is 117 Å². The minimum absolute atomic E-state index is 0.385. The average Bonchev–Trinajstić information content (AvgIpc) is 2.80. The number of nitrogens with zero attached hydrogens (tertiary/aromatic N) is 4. The zero-order valence-corrected chi connectivity index (χ0v) is 12.6. The summed E-state index contributed by atoms with van der Waals surface area (Å²) in [6.07, 6.45) is 0. The van der Waals surface area contributed by atoms with Gasteiger partial charge in [-0.1, -0.05) is 5.16 Å². The molecule has 0 amide bonds. The molecular weight excluding hydrogens is 316 g/mol. The third-order valence-corrected chi connectivity index (χ3v) is 4.98. The lowest BCUT2D eigenvalue weighted by Gasteiger charge is -2.36. The number of hydrogen-bond acceptors (Lipinski definition) is 6. The minimum atomic E-state index is 0.385. The molecule has 1 fully saturated rings. The molecule has 3 rings (SSSR count). The van der Waals surface area contributed by atoms with E-state index >= 15 is 0 Å². The van der Waals surface area contributed by atoms with Crippen LogP contribution in [0.4, 0.5) is 0 Å². The van der Waals surface area contributed by atoms with Gasteiger partial charge in [0.1, 0.15) is 5.01 Å². The molecule has 0 aromatic carbocycles. The van der Waals surface area contributed by atoms with E-state index in [1.807, 2.05) is 13.8 Å². The number of likely N-dealkylation sites (tertiary alicyclic amines) is 1. The van der Waals surface area contributed by atoms with E-state index in [4.69, 9.17) is 4.52 Å². The van der Waals surface area contributed by atoms with Crippen LogP contribution in [-0.2, 0) is 6.54 Å². The van der Waals surface area contributed by atoms with E-state index in [0.29, 0.717) is 11.7 Å². The van der Waals surface area contributed by atoms with Gasteiger partial charge in [0.25, 0.3) is 0 Å². The Morgan fingerprint density at radius 2 is 2.17 bits per heavy atom. The first-order valence-electron chi connectivity index (χ1n) is 5.76. The summed E-state index contributed by atoms with van der Waals surface area (Å²) in [5.41, 5.74) is 1.07. The maximum Gasteiger partial charge on any atom is 0.232 e. The molecule has 5 nitrogen and oxygen atoms in total. The quantitative estimate of drug-likeness (QED) is 0.866. The number of hydrogen-bond donors (Lipinski definition) is 0. The van der Waals surface area contributed by atoms with Crippen molar-refractivity contribution in [3.8, 4) is 0 Å². The molecule has 1 aliphatic rings. The van der Waals surface area contributed by atoms with Crippen molar-refractivity contribution >= 4 is 27.3 Å². The molecular formula is C11H13BrN4OS. The van der Waals surface area contributed by atoms with E-state index < -0.39 is 0 Å². The zero-order valence-electron chi connectivity index (χ0n) is 10.2. The van der Waals surface area contributed by atoms with Gasteiger partial charge in [0.15, 0.2) is 5.82 Å². The molecule has 1 aliphatic heterocycles. The van der Waals surface area contributed by atoms with Crippen LogP contribution in [-0.4, -0.2) is 33.1 Å². The monoisotopic (exact) mass is 328 g/mol. The minimum Gasteiger partial charge on any atom is -0.339 e. The van der Waals surface area contributed by atoms with Crippen molar-refractivity contribution < 1.29 is 4.52 Å². The van der Waals surface area contributed by atoms with Gasteiger partial charge in [-0.2, -0.15) is 4.98 Å². The Morgan fingerprint density at radius 3 is 2.72 bits per heavy atom. The molecule has 0 unspecified atom stereocenters. The molecule has 0 atom stereocenters. The van der Waals surface area contributed by atoms with Crippen molar-refractivity contribution in [3.63, 3.8) is 0 Å². The van der Waals surface area contributed by atoms with Crippen molar-refractivity contribution in [3.05, 3.63) is 26.2 Å². The first-order valence-corrected chi connectivity index (χ1v) is 7.37. The normalized spacial score (nSPS) is 17.1. The molecule has 7 heteroatoms. The van der Waals surface area contributed by atoms with Gasteiger partial charge in [-0.05, 0) is 29.8 Å². The summed E-state index contributed by atoms with van der Waals surface area (Å²) in [4.78, 5) is 11.1. The van der Waals surface area contributed by atoms with Crippen molar-refractivity contribution in [2.24, 2.45) is 0 Å². The van der Waals surface area contributed by atoms with Gasteiger partial charge in [0.2, 0.25) is 5.89 Å². The standard InChI is InChI=1S/C11H13BrN4OS/c1-6-10(12)18-9(13-6)5-16-3-8(4-16)11-14-7(2)15-17-11/h8H,3-5H2,1-2H3. The molecule has 2 aromatic rings. The van der Waals surface area contributed by atoms with E-state index in [2.05, 4.69) is 36.0 Å². The smallest absolute Gasteiger partial charge is 0.232 e. The van der Waals surface area contributed by atoms with Crippen molar-refractivity contribution in [1.29, 1.82) is 0 Å². The van der Waals surface area contributed by atoms with Crippen molar-refractivity contribution in [1.82, 2.24) is 20.0 Å². The van der Waals surface area contributed by atoms with Crippen LogP contribution in [0, 0.1) is 13.8 Å². The maximum atomic E-state index is 5.18. The van der Waals surface area contributed by atoms with Gasteiger partial charge in [-0.15, -0.1) is 11.3 Å². The van der Waals surface area contributed by atoms with Gasteiger partial charge in [-0.25, -0.2) is 4.98 Å². The molecule has 18 heavy (non-hydrogen) atoms. The number of aromatic nitrogens is 3. The average molecular weight is 329 g/mol. The second-order valence-electron chi connectivity index (χ2n) is 4.54. The lowest BCUT2D eigenvalue weighted by molar-refractivity contribution is 0.117. The predicted octanol–water partition coefficient (Wildman–Crippen LogP) is 2.50. The Hall–Kier alpha value is -0.790. The Kier molecular flexibility index (Phi) is 3.21. The van der Waals surface area contributed by atoms with E-state index in [1.54, 1.807) is 11.3 Å². The summed E-state index contributed by atoms with van der Waals surface area (Å²) in [6.45, 7) is 6.71. The Balaban J connectivity index is 1.56. The summed E-state index contributed by atoms with van der Waals surface area (Å²) in [7, 11) is 0. The second kappa shape index (κ2) is 4.71. The Bertz CT molecular complexity index is 542. The van der Waals surface area contributed by atoms with E-state index in [9.17, 15) is 0 Å². The topological polar surface area (TPSA) is 55.1 Å². The molecule has 0 bridgehead atoms. The Morgan fingerprint density at radius 1 is 1.39 bits per heavy atom. The molecule has 1 saturated heterocycles. The van der Waals surface area contributed by atoms with Crippen LogP contribution < -0.4 is 0 Å². The van der Waals surface area contributed by atoms with Crippen LogP contribution in [0.5, 0.6) is 0 Å². The van der Waals surface area contributed by atoms with Crippen LogP contribution in [0.3, 0.4) is 0 Å². The highest BCUT2D eigenvalue weighted by Crippen LogP contribution is 2.30. The van der Waals surface area contributed by atoms with Gasteiger partial charge >= 0.3 is 0 Å². The third kappa shape index (κ3) is 2.34. The lowest BCUT2D eigenvalue weighted by Crippen LogP contribution is -2.44. The number of thiazole rings is 1. The molecule has 0 saturated carbocycles. The first-order chi connectivity index (χ1) is 8.61. The van der Waals surface area contributed by atoms with Gasteiger partial charge < -0.3 is 4.52 Å². The largest absolute Gasteiger partial charge is 0.339 e. The fraction of sp³-hybridized carbons (Fsp3) is 0.545. The van der Waals surface area contributed by atoms with Crippen LogP contribution in [0.1, 0.15) is 28.3 Å². The molecule has 96 valence electrons. The fourth-order valence-electron chi connectivity index (χ4n) is 2.02. The molecule has 0 aliphatic carbocycles. The van der Waals surface area contributed by atoms with E-state index in [0.717, 1.165) is 40.0 Å². The number of halogens is 1. The lowest BCUT2D eigenvalue weighted by atomic mass is 10.0. The summed E-state index contributed by atoms with van der Waals surface area (Å²) in [5.74, 6) is 1.86. The van der Waals surface area contributed by atoms with Crippen LogP contribution in [0.25, 0.3) is 0 Å². The van der Waals surface area contributed by atoms with Crippen molar-refractivity contribution in [2.45, 2.75) is 26.3 Å². The van der Waals surface area contributed by atoms with E-state index in [1.165, 1.54) is 0 Å². The molecule has 0 spiro atoms. The van der Waals surface area contributed by atoms with Gasteiger partial charge in [0, 0.05) is 13.1 Å². The molecule has 0 radical (unpaired) electrons. The van der Waals surface area contributed by atoms with Gasteiger partial charge in [-0.3, -0.25) is 4.90 Å². The van der Waals surface area contributed by atoms with Crippen LogP contribution in [0.15, 0.2) is 8.31 Å². The molecule has 3 heterocycles. The van der Waals surface area contributed by atoms with Gasteiger partial charge in [0.05, 0.1) is 21.9 Å². The number of rotatable bonds is 3. The van der Waals surface area contributed by atoms with Crippen LogP contribution >= 0.6 is 27.3 Å². The van der Waals surface area contributed by atoms with Crippen molar-refractivity contribution in [2.75, 3.05) is 13.1 Å². The summed E-state index contributed by atoms with van der Waals surface area (Å²) in [5, 5.41) is 4.97. The third-order valence-electron chi connectivity index (χ3n) is 2.99. The predicted molar refractivity (Wildman–Crippen MR) is 71.6 cm³/mol. The highest BCUT2D eigenvalue weighted by Gasteiger charge is 2.32. The highest BCUT2D eigenvalue weighted by atomic mass is 79.9. The summed E-state index contributed by atoms with van der Waals surface area (Å²) in [6, 6.07) is 0. The zero-order chi connectivity index (χ0) is 12.7.